The zero-order chi connectivity index (χ0) is 18.3. The van der Waals surface area contributed by atoms with E-state index >= 15 is 0 Å². The molecule has 0 unspecified atom stereocenters. The molecule has 0 saturated carbocycles. The third-order valence-corrected chi connectivity index (χ3v) is 6.12. The van der Waals surface area contributed by atoms with Crippen molar-refractivity contribution in [2.24, 2.45) is 0 Å². The lowest BCUT2D eigenvalue weighted by molar-refractivity contribution is 0.414. The lowest BCUT2D eigenvalue weighted by atomic mass is 10.1. The summed E-state index contributed by atoms with van der Waals surface area (Å²) in [5.41, 5.74) is 2.25. The Morgan fingerprint density at radius 3 is 2.58 bits per heavy atom. The number of thiazole rings is 1. The van der Waals surface area contributed by atoms with Crippen molar-refractivity contribution < 1.29 is 4.74 Å². The molecule has 0 fully saturated rings. The zero-order valence-electron chi connectivity index (χ0n) is 15.1. The minimum atomic E-state index is 0.364. The Labute approximate surface area is 159 Å². The molecule has 1 aromatic carbocycles. The van der Waals surface area contributed by atoms with Gasteiger partial charge in [-0.15, -0.1) is 21.5 Å². The maximum Gasteiger partial charge on any atom is 0.235 e. The van der Waals surface area contributed by atoms with Gasteiger partial charge in [0.2, 0.25) is 4.96 Å². The Hall–Kier alpha value is -2.32. The van der Waals surface area contributed by atoms with E-state index in [1.54, 1.807) is 29.8 Å². The van der Waals surface area contributed by atoms with Crippen molar-refractivity contribution in [3.8, 4) is 15.6 Å². The van der Waals surface area contributed by atoms with Crippen LogP contribution in [0.2, 0.25) is 0 Å². The highest BCUT2D eigenvalue weighted by Gasteiger charge is 2.20. The van der Waals surface area contributed by atoms with E-state index in [9.17, 15) is 0 Å². The Kier molecular flexibility index (Phi) is 4.46. The van der Waals surface area contributed by atoms with Crippen molar-refractivity contribution >= 4 is 27.6 Å². The molecule has 4 rings (SSSR count). The number of methoxy groups -OCH3 is 1. The van der Waals surface area contributed by atoms with Gasteiger partial charge in [-0.3, -0.25) is 0 Å². The number of nitrogens with zero attached hydrogens (tertiary/aromatic N) is 5. The van der Waals surface area contributed by atoms with Crippen LogP contribution in [-0.4, -0.2) is 31.9 Å². The van der Waals surface area contributed by atoms with Gasteiger partial charge in [0.05, 0.1) is 22.7 Å². The highest BCUT2D eigenvalue weighted by atomic mass is 32.1. The van der Waals surface area contributed by atoms with Crippen LogP contribution in [0, 0.1) is 6.92 Å². The summed E-state index contributed by atoms with van der Waals surface area (Å²) in [6.45, 7) is 6.36. The normalized spacial score (nSPS) is 11.6. The lowest BCUT2D eigenvalue weighted by Gasteiger charge is -2.02. The van der Waals surface area contributed by atoms with E-state index in [0.717, 1.165) is 42.7 Å². The maximum absolute atomic E-state index is 5.21. The van der Waals surface area contributed by atoms with E-state index in [1.165, 1.54) is 0 Å². The first-order valence-electron chi connectivity index (χ1n) is 8.37. The van der Waals surface area contributed by atoms with E-state index in [4.69, 9.17) is 9.84 Å². The molecular weight excluding hydrogens is 366 g/mol. The summed E-state index contributed by atoms with van der Waals surface area (Å²) in [6, 6.07) is 7.98. The topological polar surface area (TPSA) is 65.2 Å². The van der Waals surface area contributed by atoms with Crippen molar-refractivity contribution in [3.63, 3.8) is 0 Å². The molecule has 8 heteroatoms. The van der Waals surface area contributed by atoms with E-state index in [-0.39, 0.29) is 0 Å². The molecule has 6 nitrogen and oxygen atoms in total. The van der Waals surface area contributed by atoms with Gasteiger partial charge in [-0.25, -0.2) is 4.98 Å². The van der Waals surface area contributed by atoms with Gasteiger partial charge in [0.25, 0.3) is 0 Å². The minimum Gasteiger partial charge on any atom is -0.497 e. The molecule has 3 heterocycles. The van der Waals surface area contributed by atoms with Crippen molar-refractivity contribution in [2.75, 3.05) is 7.11 Å². The molecule has 0 aliphatic heterocycles. The zero-order valence-corrected chi connectivity index (χ0v) is 16.7. The molecule has 0 aliphatic rings. The first kappa shape index (κ1) is 17.1. The number of rotatable bonds is 5. The summed E-state index contributed by atoms with van der Waals surface area (Å²) in [5.74, 6) is 2.04. The summed E-state index contributed by atoms with van der Waals surface area (Å²) in [7, 11) is 1.67. The molecule has 0 N–H and O–H groups in total. The van der Waals surface area contributed by atoms with Crippen LogP contribution in [-0.2, 0) is 6.42 Å². The average Bonchev–Trinajstić information content (AvgIpc) is 3.30. The molecule has 0 atom stereocenters. The molecule has 0 bridgehead atoms. The fourth-order valence-corrected chi connectivity index (χ4v) is 4.78. The van der Waals surface area contributed by atoms with E-state index in [0.29, 0.717) is 12.3 Å². The summed E-state index contributed by atoms with van der Waals surface area (Å²) in [5, 5.41) is 15.4. The molecule has 26 heavy (non-hydrogen) atoms. The van der Waals surface area contributed by atoms with Gasteiger partial charge in [0.1, 0.15) is 5.75 Å². The van der Waals surface area contributed by atoms with Crippen LogP contribution in [0.15, 0.2) is 24.3 Å². The number of hydrogen-bond acceptors (Lipinski definition) is 7. The van der Waals surface area contributed by atoms with Gasteiger partial charge in [-0.05, 0) is 30.5 Å². The molecule has 0 radical (unpaired) electrons. The molecular formula is C18H19N5OS2. The van der Waals surface area contributed by atoms with Gasteiger partial charge < -0.3 is 4.74 Å². The van der Waals surface area contributed by atoms with E-state index < -0.39 is 0 Å². The highest BCUT2D eigenvalue weighted by Crippen LogP contribution is 2.36. The summed E-state index contributed by atoms with van der Waals surface area (Å²) in [6.07, 6.45) is 0.674. The Balaban J connectivity index is 1.69. The van der Waals surface area contributed by atoms with Crippen LogP contribution >= 0.6 is 22.7 Å². The van der Waals surface area contributed by atoms with E-state index in [2.05, 4.69) is 29.0 Å². The molecule has 0 aliphatic carbocycles. The van der Waals surface area contributed by atoms with Crippen molar-refractivity contribution in [1.82, 2.24) is 24.8 Å². The van der Waals surface area contributed by atoms with Gasteiger partial charge >= 0.3 is 0 Å². The number of aromatic nitrogens is 5. The number of ether oxygens (including phenoxy) is 1. The predicted octanol–water partition coefficient (Wildman–Crippen LogP) is 4.34. The van der Waals surface area contributed by atoms with Crippen LogP contribution in [0.5, 0.6) is 5.75 Å². The number of hydrogen-bond donors (Lipinski definition) is 0. The number of fused-ring (bicyclic) bond motifs is 1. The molecule has 3 aromatic heterocycles. The first-order valence-corrected chi connectivity index (χ1v) is 10.00. The summed E-state index contributed by atoms with van der Waals surface area (Å²) in [4.78, 5) is 6.63. The predicted molar refractivity (Wildman–Crippen MR) is 104 cm³/mol. The number of benzene rings is 1. The molecule has 0 spiro atoms. The third kappa shape index (κ3) is 3.10. The van der Waals surface area contributed by atoms with Crippen molar-refractivity contribution in [3.05, 3.63) is 46.4 Å². The van der Waals surface area contributed by atoms with E-state index in [1.807, 2.05) is 35.7 Å². The molecule has 134 valence electrons. The quantitative estimate of drug-likeness (QED) is 0.511. The highest BCUT2D eigenvalue weighted by molar-refractivity contribution is 7.24. The fraction of sp³-hybridized carbons (Fsp3) is 0.333. The second-order valence-electron chi connectivity index (χ2n) is 6.34. The van der Waals surface area contributed by atoms with Crippen LogP contribution in [0.4, 0.5) is 0 Å². The monoisotopic (exact) mass is 385 g/mol. The van der Waals surface area contributed by atoms with Gasteiger partial charge in [0.15, 0.2) is 10.8 Å². The van der Waals surface area contributed by atoms with Gasteiger partial charge in [0, 0.05) is 6.42 Å². The number of aryl methyl sites for hydroxylation is 1. The average molecular weight is 386 g/mol. The van der Waals surface area contributed by atoms with Crippen LogP contribution in [0.3, 0.4) is 0 Å². The smallest absolute Gasteiger partial charge is 0.235 e. The second-order valence-corrected chi connectivity index (χ2v) is 8.50. The molecule has 0 saturated heterocycles. The molecule has 4 aromatic rings. The largest absolute Gasteiger partial charge is 0.497 e. The lowest BCUT2D eigenvalue weighted by Crippen LogP contribution is -1.98. The maximum atomic E-state index is 5.21. The van der Waals surface area contributed by atoms with Gasteiger partial charge in [-0.2, -0.15) is 9.61 Å². The minimum absolute atomic E-state index is 0.364. The van der Waals surface area contributed by atoms with Crippen LogP contribution in [0.25, 0.3) is 14.8 Å². The van der Waals surface area contributed by atoms with Crippen molar-refractivity contribution in [2.45, 2.75) is 33.1 Å². The van der Waals surface area contributed by atoms with Crippen LogP contribution < -0.4 is 4.74 Å². The summed E-state index contributed by atoms with van der Waals surface area (Å²) >= 11 is 3.25. The van der Waals surface area contributed by atoms with Crippen molar-refractivity contribution in [1.29, 1.82) is 0 Å². The SMILES string of the molecule is COc1ccc(Cc2nnc3sc(-c4sc(C)nc4C(C)C)nn23)cc1. The fourth-order valence-electron chi connectivity index (χ4n) is 2.77. The Morgan fingerprint density at radius 1 is 1.12 bits per heavy atom. The Morgan fingerprint density at radius 2 is 1.88 bits per heavy atom. The van der Waals surface area contributed by atoms with Crippen LogP contribution in [0.1, 0.15) is 41.9 Å². The second kappa shape index (κ2) is 6.77. The summed E-state index contributed by atoms with van der Waals surface area (Å²) < 4.78 is 7.06. The first-order chi connectivity index (χ1) is 12.5. The standard InChI is InChI=1S/C18H19N5OS2/c1-10(2)15-16(25-11(3)19-15)17-22-23-14(20-21-18(23)26-17)9-12-5-7-13(24-4)8-6-12/h5-8,10H,9H2,1-4H3. The Bertz CT molecular complexity index is 1050. The molecule has 0 amide bonds. The third-order valence-electron chi connectivity index (χ3n) is 4.08. The van der Waals surface area contributed by atoms with Gasteiger partial charge in [-0.1, -0.05) is 37.3 Å².